The average molecular weight is 326 g/mol. The lowest BCUT2D eigenvalue weighted by molar-refractivity contribution is -0.111. The smallest absolute Gasteiger partial charge is 0.250 e. The highest BCUT2D eigenvalue weighted by Crippen LogP contribution is 2.26. The van der Waals surface area contributed by atoms with Crippen LogP contribution < -0.4 is 5.32 Å². The van der Waals surface area contributed by atoms with E-state index < -0.39 is 0 Å². The van der Waals surface area contributed by atoms with Crippen molar-refractivity contribution in [1.82, 2.24) is 14.8 Å². The molecule has 118 valence electrons. The van der Waals surface area contributed by atoms with E-state index in [1.54, 1.807) is 6.08 Å². The summed E-state index contributed by atoms with van der Waals surface area (Å²) in [7, 11) is 1.89. The quantitative estimate of drug-likeness (QED) is 0.748. The van der Waals surface area contributed by atoms with Crippen LogP contribution in [0.15, 0.2) is 24.3 Å². The zero-order valence-corrected chi connectivity index (χ0v) is 14.4. The molecule has 1 aromatic carbocycles. The van der Waals surface area contributed by atoms with Crippen LogP contribution in [0.4, 0.5) is 5.13 Å². The number of fused-ring (bicyclic) bond motifs is 1. The number of hydrogen-bond donors (Lipinski definition) is 1. The van der Waals surface area contributed by atoms with Crippen LogP contribution in [0.5, 0.6) is 0 Å². The molecule has 0 saturated carbocycles. The van der Waals surface area contributed by atoms with E-state index in [-0.39, 0.29) is 5.91 Å². The number of benzene rings is 1. The van der Waals surface area contributed by atoms with E-state index in [4.69, 9.17) is 0 Å². The van der Waals surface area contributed by atoms with Gasteiger partial charge in [-0.15, -0.1) is 0 Å². The molecule has 3 rings (SSSR count). The predicted octanol–water partition coefficient (Wildman–Crippen LogP) is 3.61. The van der Waals surface area contributed by atoms with E-state index in [0.29, 0.717) is 5.13 Å². The Morgan fingerprint density at radius 1 is 1.30 bits per heavy atom. The third-order valence-electron chi connectivity index (χ3n) is 3.74. The van der Waals surface area contributed by atoms with Crippen molar-refractivity contribution in [2.75, 3.05) is 5.32 Å². The lowest BCUT2D eigenvalue weighted by Crippen LogP contribution is -2.07. The third kappa shape index (κ3) is 3.17. The molecular formula is C17H18N4OS. The van der Waals surface area contributed by atoms with Gasteiger partial charge in [0.05, 0.1) is 15.9 Å². The standard InChI is InChI=1S/C17H18N4OS/c1-10-5-7-14-15(9-10)23-17(18-14)19-16(22)8-6-13-11(2)20-21(4)12(13)3/h5-9H,1-4H3,(H,18,19,22). The maximum atomic E-state index is 12.1. The highest BCUT2D eigenvalue weighted by molar-refractivity contribution is 7.22. The molecule has 1 amide bonds. The van der Waals surface area contributed by atoms with Crippen molar-refractivity contribution < 1.29 is 4.79 Å². The molecule has 1 N–H and O–H groups in total. The molecule has 6 heteroatoms. The third-order valence-corrected chi connectivity index (χ3v) is 4.67. The summed E-state index contributed by atoms with van der Waals surface area (Å²) in [5, 5.41) is 7.77. The van der Waals surface area contributed by atoms with Crippen molar-refractivity contribution in [2.24, 2.45) is 7.05 Å². The second-order valence-corrected chi connectivity index (χ2v) is 6.55. The molecule has 2 aromatic heterocycles. The van der Waals surface area contributed by atoms with Crippen molar-refractivity contribution in [2.45, 2.75) is 20.8 Å². The number of carbonyl (C=O) groups is 1. The Kier molecular flexibility index (Phi) is 4.00. The zero-order valence-electron chi connectivity index (χ0n) is 13.5. The van der Waals surface area contributed by atoms with Crippen LogP contribution in [0, 0.1) is 20.8 Å². The summed E-state index contributed by atoms with van der Waals surface area (Å²) in [5.41, 5.74) is 4.99. The van der Waals surface area contributed by atoms with Crippen LogP contribution in [-0.2, 0) is 11.8 Å². The maximum Gasteiger partial charge on any atom is 0.250 e. The minimum atomic E-state index is -0.191. The van der Waals surface area contributed by atoms with Gasteiger partial charge in [0.25, 0.3) is 0 Å². The topological polar surface area (TPSA) is 59.8 Å². The van der Waals surface area contributed by atoms with E-state index in [1.807, 2.05) is 44.6 Å². The van der Waals surface area contributed by atoms with E-state index >= 15 is 0 Å². The molecule has 0 unspecified atom stereocenters. The van der Waals surface area contributed by atoms with Gasteiger partial charge in [-0.25, -0.2) is 4.98 Å². The van der Waals surface area contributed by atoms with Gasteiger partial charge in [-0.1, -0.05) is 17.4 Å². The number of aromatic nitrogens is 3. The van der Waals surface area contributed by atoms with Crippen LogP contribution in [0.2, 0.25) is 0 Å². The van der Waals surface area contributed by atoms with Crippen LogP contribution >= 0.6 is 11.3 Å². The summed E-state index contributed by atoms with van der Waals surface area (Å²) in [6.45, 7) is 5.95. The second-order valence-electron chi connectivity index (χ2n) is 5.52. The van der Waals surface area contributed by atoms with Gasteiger partial charge in [-0.2, -0.15) is 5.10 Å². The van der Waals surface area contributed by atoms with Gasteiger partial charge in [0.2, 0.25) is 5.91 Å². The van der Waals surface area contributed by atoms with Gasteiger partial charge >= 0.3 is 0 Å². The number of anilines is 1. The van der Waals surface area contributed by atoms with Gasteiger partial charge < -0.3 is 0 Å². The maximum absolute atomic E-state index is 12.1. The Morgan fingerprint density at radius 2 is 2.09 bits per heavy atom. The summed E-state index contributed by atoms with van der Waals surface area (Å²) in [6, 6.07) is 6.05. The number of aryl methyl sites for hydroxylation is 3. The van der Waals surface area contributed by atoms with Gasteiger partial charge in [-0.3, -0.25) is 14.8 Å². The number of nitrogens with one attached hydrogen (secondary N) is 1. The molecule has 0 atom stereocenters. The monoisotopic (exact) mass is 326 g/mol. The predicted molar refractivity (Wildman–Crippen MR) is 94.7 cm³/mol. The Morgan fingerprint density at radius 3 is 2.78 bits per heavy atom. The number of carbonyl (C=O) groups excluding carboxylic acids is 1. The second kappa shape index (κ2) is 5.96. The van der Waals surface area contributed by atoms with Crippen molar-refractivity contribution in [3.63, 3.8) is 0 Å². The Hall–Kier alpha value is -2.47. The molecule has 0 aliphatic heterocycles. The Balaban J connectivity index is 1.76. The summed E-state index contributed by atoms with van der Waals surface area (Å²) in [5.74, 6) is -0.191. The lowest BCUT2D eigenvalue weighted by atomic mass is 10.2. The molecule has 0 saturated heterocycles. The van der Waals surface area contributed by atoms with Crippen molar-refractivity contribution in [1.29, 1.82) is 0 Å². The van der Waals surface area contributed by atoms with Crippen LogP contribution in [0.1, 0.15) is 22.5 Å². The first-order chi connectivity index (χ1) is 10.9. The molecule has 23 heavy (non-hydrogen) atoms. The minimum Gasteiger partial charge on any atom is -0.298 e. The van der Waals surface area contributed by atoms with Crippen LogP contribution in [-0.4, -0.2) is 20.7 Å². The normalized spacial score (nSPS) is 11.5. The molecular weight excluding hydrogens is 308 g/mol. The number of hydrogen-bond acceptors (Lipinski definition) is 4. The minimum absolute atomic E-state index is 0.191. The summed E-state index contributed by atoms with van der Waals surface area (Å²) in [4.78, 5) is 16.5. The fraction of sp³-hybridized carbons (Fsp3) is 0.235. The van der Waals surface area contributed by atoms with E-state index in [0.717, 1.165) is 27.2 Å². The Bertz CT molecular complexity index is 920. The molecule has 0 fully saturated rings. The molecule has 2 heterocycles. The van der Waals surface area contributed by atoms with Crippen LogP contribution in [0.3, 0.4) is 0 Å². The molecule has 0 aliphatic carbocycles. The van der Waals surface area contributed by atoms with Crippen molar-refractivity contribution in [3.8, 4) is 0 Å². The van der Waals surface area contributed by atoms with Crippen LogP contribution in [0.25, 0.3) is 16.3 Å². The Labute approximate surface area is 138 Å². The summed E-state index contributed by atoms with van der Waals surface area (Å²) in [6.07, 6.45) is 3.32. The number of rotatable bonds is 3. The van der Waals surface area contributed by atoms with Crippen molar-refractivity contribution in [3.05, 3.63) is 46.8 Å². The van der Waals surface area contributed by atoms with Crippen molar-refractivity contribution >= 4 is 38.7 Å². The highest BCUT2D eigenvalue weighted by atomic mass is 32.1. The summed E-state index contributed by atoms with van der Waals surface area (Å²) < 4.78 is 2.88. The molecule has 5 nitrogen and oxygen atoms in total. The van der Waals surface area contributed by atoms with Gasteiger partial charge in [-0.05, 0) is 44.5 Å². The first-order valence-corrected chi connectivity index (χ1v) is 8.12. The SMILES string of the molecule is Cc1ccc2nc(NC(=O)C=Cc3c(C)nn(C)c3C)sc2c1. The fourth-order valence-electron chi connectivity index (χ4n) is 2.42. The molecule has 0 spiro atoms. The highest BCUT2D eigenvalue weighted by Gasteiger charge is 2.08. The number of thiazole rings is 1. The number of amides is 1. The van der Waals surface area contributed by atoms with Gasteiger partial charge in [0, 0.05) is 24.4 Å². The number of nitrogens with zero attached hydrogens (tertiary/aromatic N) is 3. The van der Waals surface area contributed by atoms with E-state index in [1.165, 1.54) is 23.0 Å². The largest absolute Gasteiger partial charge is 0.298 e. The first-order valence-electron chi connectivity index (χ1n) is 7.30. The molecule has 3 aromatic rings. The zero-order chi connectivity index (χ0) is 16.6. The van der Waals surface area contributed by atoms with E-state index in [9.17, 15) is 4.79 Å². The summed E-state index contributed by atoms with van der Waals surface area (Å²) >= 11 is 1.48. The molecule has 0 bridgehead atoms. The van der Waals surface area contributed by atoms with Gasteiger partial charge in [0.1, 0.15) is 0 Å². The lowest BCUT2D eigenvalue weighted by Gasteiger charge is -1.96. The average Bonchev–Trinajstić information content (AvgIpc) is 2.98. The molecule has 0 radical (unpaired) electrons. The molecule has 0 aliphatic rings. The van der Waals surface area contributed by atoms with E-state index in [2.05, 4.69) is 21.5 Å². The van der Waals surface area contributed by atoms with Gasteiger partial charge in [0.15, 0.2) is 5.13 Å². The first kappa shape index (κ1) is 15.4. The fourth-order valence-corrected chi connectivity index (χ4v) is 3.39.